The molecule has 5 rings (SSSR count). The van der Waals surface area contributed by atoms with Crippen LogP contribution in [0.2, 0.25) is 0 Å². The first-order chi connectivity index (χ1) is 18.1. The van der Waals surface area contributed by atoms with E-state index in [2.05, 4.69) is 38.8 Å². The molecule has 0 radical (unpaired) electrons. The predicted molar refractivity (Wildman–Crippen MR) is 141 cm³/mol. The lowest BCUT2D eigenvalue weighted by molar-refractivity contribution is -0.152. The molecule has 3 aliphatic rings. The fourth-order valence-corrected chi connectivity index (χ4v) is 6.96. The molecule has 1 aromatic heterocycles. The minimum absolute atomic E-state index is 0.0932. The quantitative estimate of drug-likeness (QED) is 0.507. The molecule has 208 valence electrons. The molecule has 7 nitrogen and oxygen atoms in total. The molecule has 38 heavy (non-hydrogen) atoms. The summed E-state index contributed by atoms with van der Waals surface area (Å²) < 4.78 is 29.9. The van der Waals surface area contributed by atoms with E-state index in [-0.39, 0.29) is 24.8 Å². The molecule has 0 spiro atoms. The van der Waals surface area contributed by atoms with Crippen molar-refractivity contribution in [1.29, 1.82) is 0 Å². The first-order valence-electron chi connectivity index (χ1n) is 14.2. The van der Waals surface area contributed by atoms with Gasteiger partial charge in [-0.15, -0.1) is 10.2 Å². The summed E-state index contributed by atoms with van der Waals surface area (Å²) in [5.41, 5.74) is 1.02. The van der Waals surface area contributed by atoms with Crippen LogP contribution in [-0.2, 0) is 4.79 Å². The molecule has 1 amide bonds. The van der Waals surface area contributed by atoms with Gasteiger partial charge in [0.05, 0.1) is 6.04 Å². The van der Waals surface area contributed by atoms with Crippen LogP contribution < -0.4 is 5.32 Å². The Morgan fingerprint density at radius 3 is 2.39 bits per heavy atom. The average Bonchev–Trinajstić information content (AvgIpc) is 3.39. The zero-order chi connectivity index (χ0) is 27.0. The molecule has 9 heteroatoms. The van der Waals surface area contributed by atoms with Crippen LogP contribution in [0.25, 0.3) is 0 Å². The monoisotopic (exact) mass is 529 g/mol. The van der Waals surface area contributed by atoms with Gasteiger partial charge in [0, 0.05) is 42.9 Å². The normalized spacial score (nSPS) is 29.9. The van der Waals surface area contributed by atoms with Crippen LogP contribution >= 0.6 is 0 Å². The van der Waals surface area contributed by atoms with E-state index in [4.69, 9.17) is 0 Å². The summed E-state index contributed by atoms with van der Waals surface area (Å²) in [7, 11) is 0. The molecule has 1 aromatic carbocycles. The maximum Gasteiger partial charge on any atom is 0.273 e. The highest BCUT2D eigenvalue weighted by atomic mass is 19.3. The largest absolute Gasteiger partial charge is 0.387 e. The first-order valence-corrected chi connectivity index (χ1v) is 14.2. The number of hydrogen-bond donors (Lipinski definition) is 2. The molecule has 1 unspecified atom stereocenters. The number of carbonyl (C=O) groups excluding carboxylic acids is 1. The topological polar surface area (TPSA) is 83.3 Å². The van der Waals surface area contributed by atoms with Crippen molar-refractivity contribution in [3.63, 3.8) is 0 Å². The van der Waals surface area contributed by atoms with Gasteiger partial charge in [-0.1, -0.05) is 44.2 Å². The maximum absolute atomic E-state index is 13.8. The van der Waals surface area contributed by atoms with Gasteiger partial charge in [-0.3, -0.25) is 9.69 Å². The van der Waals surface area contributed by atoms with E-state index in [1.54, 1.807) is 0 Å². The van der Waals surface area contributed by atoms with E-state index in [9.17, 15) is 18.7 Å². The molecule has 3 heterocycles. The van der Waals surface area contributed by atoms with E-state index in [0.717, 1.165) is 43.0 Å². The van der Waals surface area contributed by atoms with E-state index in [1.807, 2.05) is 37.3 Å². The molecular formula is C29H41F2N5O2. The van der Waals surface area contributed by atoms with Gasteiger partial charge in [0.1, 0.15) is 17.8 Å². The Balaban J connectivity index is 1.25. The number of nitrogens with zero attached hydrogens (tertiary/aromatic N) is 4. The Kier molecular flexibility index (Phi) is 7.87. The summed E-state index contributed by atoms with van der Waals surface area (Å²) in [5, 5.41) is 21.8. The average molecular weight is 530 g/mol. The number of benzene rings is 1. The standard InChI is InChI=1S/C29H41F2N5O2/c1-18(2)27-34-33-19(3)36(27)24-16-22-9-10-23(17-24)35(22)14-12-25(20-7-5-4-6-8-20)32-28(38)21-11-13-29(30,31)26(37)15-21/h4-8,18,21-26,37H,9-17H2,1-3H3,(H,32,38)/t21-,22-,23+,24?,25-,26+/m0/s1. The smallest absolute Gasteiger partial charge is 0.273 e. The third kappa shape index (κ3) is 5.50. The van der Waals surface area contributed by atoms with Crippen LogP contribution in [0.15, 0.2) is 30.3 Å². The van der Waals surface area contributed by atoms with Gasteiger partial charge in [0.2, 0.25) is 5.91 Å². The van der Waals surface area contributed by atoms with E-state index in [1.165, 1.54) is 12.8 Å². The second-order valence-electron chi connectivity index (χ2n) is 11.9. The highest BCUT2D eigenvalue weighted by Crippen LogP contribution is 2.42. The van der Waals surface area contributed by atoms with Gasteiger partial charge in [-0.2, -0.15) is 0 Å². The zero-order valence-corrected chi connectivity index (χ0v) is 22.7. The van der Waals surface area contributed by atoms with Gasteiger partial charge in [0.25, 0.3) is 5.92 Å². The summed E-state index contributed by atoms with van der Waals surface area (Å²) in [6.45, 7) is 7.25. The highest BCUT2D eigenvalue weighted by molar-refractivity contribution is 5.79. The lowest BCUT2D eigenvalue weighted by Gasteiger charge is -2.41. The fraction of sp³-hybridized carbons (Fsp3) is 0.690. The van der Waals surface area contributed by atoms with Crippen LogP contribution in [-0.4, -0.2) is 61.3 Å². The number of aromatic nitrogens is 3. The van der Waals surface area contributed by atoms with Crippen molar-refractivity contribution >= 4 is 5.91 Å². The van der Waals surface area contributed by atoms with Crippen LogP contribution in [0.1, 0.15) is 100 Å². The molecule has 3 fully saturated rings. The molecule has 2 aliphatic heterocycles. The summed E-state index contributed by atoms with van der Waals surface area (Å²) in [6, 6.07) is 11.1. The second kappa shape index (κ2) is 11.0. The van der Waals surface area contributed by atoms with Gasteiger partial charge in [-0.05, 0) is 57.4 Å². The predicted octanol–water partition coefficient (Wildman–Crippen LogP) is 4.92. The molecule has 2 aromatic rings. The van der Waals surface area contributed by atoms with Crippen molar-refractivity contribution in [3.8, 4) is 0 Å². The summed E-state index contributed by atoms with van der Waals surface area (Å²) in [5.74, 6) is -1.55. The van der Waals surface area contributed by atoms with Gasteiger partial charge in [0.15, 0.2) is 0 Å². The van der Waals surface area contributed by atoms with Crippen LogP contribution in [0.5, 0.6) is 0 Å². The number of alkyl halides is 2. The number of halogens is 2. The van der Waals surface area contributed by atoms with Gasteiger partial charge < -0.3 is 15.0 Å². The number of amides is 1. The second-order valence-corrected chi connectivity index (χ2v) is 11.9. The van der Waals surface area contributed by atoms with Crippen molar-refractivity contribution in [2.75, 3.05) is 6.54 Å². The SMILES string of the molecule is Cc1nnc(C(C)C)n1C1C[C@H]2CC[C@@H](C1)N2CC[C@H](NC(=O)[C@H]1CCC(F)(F)[C@H](O)C1)c1ccccc1. The lowest BCUT2D eigenvalue weighted by atomic mass is 9.84. The molecule has 6 atom stereocenters. The number of carbonyl (C=O) groups is 1. The van der Waals surface area contributed by atoms with Crippen molar-refractivity contribution < 1.29 is 18.7 Å². The Morgan fingerprint density at radius 2 is 1.76 bits per heavy atom. The minimum Gasteiger partial charge on any atom is -0.387 e. The third-order valence-electron chi connectivity index (χ3n) is 9.02. The van der Waals surface area contributed by atoms with Gasteiger partial charge in [-0.25, -0.2) is 8.78 Å². The van der Waals surface area contributed by atoms with Gasteiger partial charge >= 0.3 is 0 Å². The zero-order valence-electron chi connectivity index (χ0n) is 22.7. The molecular weight excluding hydrogens is 488 g/mol. The number of rotatable bonds is 8. The highest BCUT2D eigenvalue weighted by Gasteiger charge is 2.46. The maximum atomic E-state index is 13.8. The molecule has 2 N–H and O–H groups in total. The molecule has 2 bridgehead atoms. The van der Waals surface area contributed by atoms with E-state index < -0.39 is 24.4 Å². The van der Waals surface area contributed by atoms with Crippen LogP contribution in [0.4, 0.5) is 8.78 Å². The Morgan fingerprint density at radius 1 is 1.08 bits per heavy atom. The first kappa shape index (κ1) is 27.2. The lowest BCUT2D eigenvalue weighted by Crippen LogP contribution is -2.46. The Hall–Kier alpha value is -2.39. The number of aliphatic hydroxyl groups excluding tert-OH is 1. The van der Waals surface area contributed by atoms with Crippen molar-refractivity contribution in [1.82, 2.24) is 25.0 Å². The van der Waals surface area contributed by atoms with Crippen molar-refractivity contribution in [3.05, 3.63) is 47.5 Å². The van der Waals surface area contributed by atoms with Crippen molar-refractivity contribution in [2.24, 2.45) is 5.92 Å². The molecule has 2 saturated heterocycles. The molecule has 1 saturated carbocycles. The third-order valence-corrected chi connectivity index (χ3v) is 9.02. The number of aryl methyl sites for hydroxylation is 1. The number of nitrogens with one attached hydrogen (secondary N) is 1. The number of aliphatic hydroxyl groups is 1. The van der Waals surface area contributed by atoms with E-state index >= 15 is 0 Å². The minimum atomic E-state index is -3.11. The number of fused-ring (bicyclic) bond motifs is 2. The number of piperidine rings is 1. The summed E-state index contributed by atoms with van der Waals surface area (Å²) in [6.07, 6.45) is 2.94. The Bertz CT molecular complexity index is 1090. The van der Waals surface area contributed by atoms with Crippen LogP contribution in [0.3, 0.4) is 0 Å². The van der Waals surface area contributed by atoms with Crippen molar-refractivity contribution in [2.45, 2.75) is 114 Å². The summed E-state index contributed by atoms with van der Waals surface area (Å²) >= 11 is 0. The molecule has 1 aliphatic carbocycles. The van der Waals surface area contributed by atoms with Crippen LogP contribution in [0, 0.1) is 12.8 Å². The summed E-state index contributed by atoms with van der Waals surface area (Å²) in [4.78, 5) is 15.8. The number of hydrogen-bond acceptors (Lipinski definition) is 5. The van der Waals surface area contributed by atoms with E-state index in [0.29, 0.717) is 24.0 Å². The fourth-order valence-electron chi connectivity index (χ4n) is 6.96. The Labute approximate surface area is 224 Å².